The second-order valence-electron chi connectivity index (χ2n) is 4.44. The van der Waals surface area contributed by atoms with Crippen molar-refractivity contribution in [3.8, 4) is 0 Å². The summed E-state index contributed by atoms with van der Waals surface area (Å²) in [5, 5.41) is 8.11. The van der Waals surface area contributed by atoms with Crippen LogP contribution in [-0.2, 0) is 5.75 Å². The largest absolute Gasteiger partial charge is 0.338 e. The minimum Gasteiger partial charge on any atom is -0.338 e. The Morgan fingerprint density at radius 2 is 2.42 bits per heavy atom. The van der Waals surface area contributed by atoms with E-state index in [-0.39, 0.29) is 6.04 Å². The van der Waals surface area contributed by atoms with Crippen molar-refractivity contribution in [3.05, 3.63) is 41.0 Å². The fraction of sp³-hybridized carbons (Fsp3) is 0.385. The standard InChI is InChI=1S/C13H14ClN3OS/c14-9-3-1-4-10(7-9)19-8-12-16-13(18-17-12)11-5-2-6-15-11/h1,3-4,7,11,15H,2,5-6,8H2/t11-/m0/s1. The number of hydrogen-bond acceptors (Lipinski definition) is 5. The van der Waals surface area contributed by atoms with Crippen molar-refractivity contribution in [1.82, 2.24) is 15.5 Å². The highest BCUT2D eigenvalue weighted by molar-refractivity contribution is 7.98. The molecular formula is C13H14ClN3OS. The summed E-state index contributed by atoms with van der Waals surface area (Å²) in [6.07, 6.45) is 2.24. The Hall–Kier alpha value is -1.04. The second-order valence-corrected chi connectivity index (χ2v) is 5.93. The zero-order chi connectivity index (χ0) is 13.1. The molecule has 0 amide bonds. The Labute approximate surface area is 120 Å². The minimum atomic E-state index is 0.234. The fourth-order valence-electron chi connectivity index (χ4n) is 2.07. The Morgan fingerprint density at radius 1 is 1.47 bits per heavy atom. The van der Waals surface area contributed by atoms with Crippen LogP contribution < -0.4 is 5.32 Å². The number of nitrogens with one attached hydrogen (secondary N) is 1. The number of hydrogen-bond donors (Lipinski definition) is 1. The van der Waals surface area contributed by atoms with E-state index in [1.165, 1.54) is 6.42 Å². The normalized spacial score (nSPS) is 18.9. The molecule has 6 heteroatoms. The Kier molecular flexibility index (Phi) is 4.06. The van der Waals surface area contributed by atoms with Crippen molar-refractivity contribution in [3.63, 3.8) is 0 Å². The van der Waals surface area contributed by atoms with Crippen LogP contribution in [0.25, 0.3) is 0 Å². The van der Waals surface area contributed by atoms with Gasteiger partial charge in [-0.15, -0.1) is 11.8 Å². The lowest BCUT2D eigenvalue weighted by atomic mass is 10.2. The van der Waals surface area contributed by atoms with Crippen LogP contribution in [0.15, 0.2) is 33.7 Å². The highest BCUT2D eigenvalue weighted by Gasteiger charge is 2.22. The van der Waals surface area contributed by atoms with E-state index >= 15 is 0 Å². The lowest BCUT2D eigenvalue weighted by Crippen LogP contribution is -2.13. The summed E-state index contributed by atoms with van der Waals surface area (Å²) in [4.78, 5) is 5.54. The van der Waals surface area contributed by atoms with Gasteiger partial charge in [0, 0.05) is 9.92 Å². The molecule has 0 radical (unpaired) electrons. The molecule has 1 N–H and O–H groups in total. The van der Waals surface area contributed by atoms with Gasteiger partial charge in [-0.2, -0.15) is 4.98 Å². The van der Waals surface area contributed by atoms with Gasteiger partial charge in [0.1, 0.15) is 0 Å². The monoisotopic (exact) mass is 295 g/mol. The van der Waals surface area contributed by atoms with E-state index in [4.69, 9.17) is 16.1 Å². The molecule has 19 heavy (non-hydrogen) atoms. The molecule has 1 fully saturated rings. The molecule has 2 heterocycles. The summed E-state index contributed by atoms with van der Waals surface area (Å²) in [6.45, 7) is 1.03. The third-order valence-electron chi connectivity index (χ3n) is 3.01. The van der Waals surface area contributed by atoms with E-state index in [1.807, 2.05) is 24.3 Å². The second kappa shape index (κ2) is 5.94. The van der Waals surface area contributed by atoms with Crippen LogP contribution in [0.5, 0.6) is 0 Å². The van der Waals surface area contributed by atoms with Crippen molar-refractivity contribution in [2.45, 2.75) is 29.5 Å². The van der Waals surface area contributed by atoms with Gasteiger partial charge in [-0.3, -0.25) is 0 Å². The number of rotatable bonds is 4. The van der Waals surface area contributed by atoms with Gasteiger partial charge < -0.3 is 9.84 Å². The van der Waals surface area contributed by atoms with Crippen molar-refractivity contribution >= 4 is 23.4 Å². The zero-order valence-corrected chi connectivity index (χ0v) is 11.9. The Balaban J connectivity index is 1.61. The van der Waals surface area contributed by atoms with Gasteiger partial charge in [-0.05, 0) is 37.6 Å². The smallest absolute Gasteiger partial charge is 0.243 e. The van der Waals surface area contributed by atoms with Gasteiger partial charge in [0.2, 0.25) is 5.89 Å². The summed E-state index contributed by atoms with van der Waals surface area (Å²) in [5.41, 5.74) is 0. The van der Waals surface area contributed by atoms with E-state index in [0.29, 0.717) is 11.6 Å². The first-order valence-electron chi connectivity index (χ1n) is 6.25. The molecular weight excluding hydrogens is 282 g/mol. The van der Waals surface area contributed by atoms with E-state index in [1.54, 1.807) is 11.8 Å². The van der Waals surface area contributed by atoms with Crippen molar-refractivity contribution in [2.75, 3.05) is 6.54 Å². The lowest BCUT2D eigenvalue weighted by Gasteiger charge is -2.01. The van der Waals surface area contributed by atoms with E-state index in [2.05, 4.69) is 15.5 Å². The van der Waals surface area contributed by atoms with Gasteiger partial charge in [0.05, 0.1) is 11.8 Å². The summed E-state index contributed by atoms with van der Waals surface area (Å²) in [7, 11) is 0. The van der Waals surface area contributed by atoms with Gasteiger partial charge in [-0.25, -0.2) is 0 Å². The van der Waals surface area contributed by atoms with Crippen LogP contribution in [0.3, 0.4) is 0 Å². The summed E-state index contributed by atoms with van der Waals surface area (Å²) < 4.78 is 5.30. The summed E-state index contributed by atoms with van der Waals surface area (Å²) >= 11 is 7.60. The molecule has 1 saturated heterocycles. The molecule has 1 atom stereocenters. The molecule has 100 valence electrons. The number of benzene rings is 1. The SMILES string of the molecule is Clc1cccc(SCc2noc([C@@H]3CCCN3)n2)c1. The predicted molar refractivity (Wildman–Crippen MR) is 75.3 cm³/mol. The minimum absolute atomic E-state index is 0.234. The van der Waals surface area contributed by atoms with Gasteiger partial charge in [0.25, 0.3) is 0 Å². The van der Waals surface area contributed by atoms with Crippen LogP contribution in [0.4, 0.5) is 0 Å². The average Bonchev–Trinajstić information content (AvgIpc) is 3.07. The van der Waals surface area contributed by atoms with Crippen molar-refractivity contribution in [2.24, 2.45) is 0 Å². The van der Waals surface area contributed by atoms with Crippen LogP contribution in [-0.4, -0.2) is 16.7 Å². The first-order chi connectivity index (χ1) is 9.31. The van der Waals surface area contributed by atoms with Crippen molar-refractivity contribution < 1.29 is 4.52 Å². The molecule has 2 aromatic rings. The molecule has 1 aliphatic rings. The van der Waals surface area contributed by atoms with Crippen LogP contribution >= 0.6 is 23.4 Å². The first kappa shape index (κ1) is 13.0. The number of nitrogens with zero attached hydrogens (tertiary/aromatic N) is 2. The number of halogens is 1. The maximum Gasteiger partial charge on any atom is 0.243 e. The number of aromatic nitrogens is 2. The van der Waals surface area contributed by atoms with Crippen LogP contribution in [0.1, 0.15) is 30.6 Å². The first-order valence-corrected chi connectivity index (χ1v) is 7.62. The number of thioether (sulfide) groups is 1. The molecule has 0 saturated carbocycles. The predicted octanol–water partition coefficient (Wildman–Crippen LogP) is 3.44. The molecule has 1 aromatic carbocycles. The Morgan fingerprint density at radius 3 is 3.21 bits per heavy atom. The maximum atomic E-state index is 5.95. The molecule has 0 unspecified atom stereocenters. The average molecular weight is 296 g/mol. The summed E-state index contributed by atoms with van der Waals surface area (Å²) in [5.74, 6) is 2.13. The molecule has 0 bridgehead atoms. The zero-order valence-electron chi connectivity index (χ0n) is 10.3. The van der Waals surface area contributed by atoms with Gasteiger partial charge in [-0.1, -0.05) is 22.8 Å². The lowest BCUT2D eigenvalue weighted by molar-refractivity contribution is 0.342. The molecule has 3 rings (SSSR count). The van der Waals surface area contributed by atoms with E-state index < -0.39 is 0 Å². The fourth-order valence-corrected chi connectivity index (χ4v) is 3.12. The van der Waals surface area contributed by atoms with Crippen LogP contribution in [0, 0.1) is 0 Å². The quantitative estimate of drug-likeness (QED) is 0.876. The van der Waals surface area contributed by atoms with E-state index in [9.17, 15) is 0 Å². The molecule has 0 spiro atoms. The van der Waals surface area contributed by atoms with Gasteiger partial charge in [0.15, 0.2) is 5.82 Å². The third-order valence-corrected chi connectivity index (χ3v) is 4.23. The highest BCUT2D eigenvalue weighted by atomic mass is 35.5. The van der Waals surface area contributed by atoms with Gasteiger partial charge >= 0.3 is 0 Å². The molecule has 0 aliphatic carbocycles. The Bertz CT molecular complexity index is 554. The molecule has 1 aromatic heterocycles. The topological polar surface area (TPSA) is 51.0 Å². The maximum absolute atomic E-state index is 5.95. The molecule has 4 nitrogen and oxygen atoms in total. The van der Waals surface area contributed by atoms with E-state index in [0.717, 1.165) is 28.7 Å². The summed E-state index contributed by atoms with van der Waals surface area (Å²) in [6, 6.07) is 8.00. The molecule has 1 aliphatic heterocycles. The van der Waals surface area contributed by atoms with Crippen LogP contribution in [0.2, 0.25) is 5.02 Å². The van der Waals surface area contributed by atoms with Crippen molar-refractivity contribution in [1.29, 1.82) is 0 Å². The third kappa shape index (κ3) is 3.29. The highest BCUT2D eigenvalue weighted by Crippen LogP contribution is 2.26.